The average molecular weight is 1310 g/mol. The molecule has 0 saturated carbocycles. The second-order valence-electron chi connectivity index (χ2n) is 27.4. The molecule has 0 radical (unpaired) electrons. The number of imide groups is 1. The summed E-state index contributed by atoms with van der Waals surface area (Å²) in [5.74, 6) is -5.25. The van der Waals surface area contributed by atoms with Crippen molar-refractivity contribution in [3.8, 4) is 0 Å². The number of ketones is 4. The van der Waals surface area contributed by atoms with Gasteiger partial charge in [0, 0.05) is 115 Å². The second-order valence-corrected chi connectivity index (χ2v) is 27.4. The highest BCUT2D eigenvalue weighted by atomic mass is 16.5. The van der Waals surface area contributed by atoms with Gasteiger partial charge in [0.25, 0.3) is 11.8 Å². The first-order valence-electron chi connectivity index (χ1n) is 34.2. The first kappa shape index (κ1) is 79.5. The van der Waals surface area contributed by atoms with Crippen LogP contribution in [-0.2, 0) is 76.7 Å². The van der Waals surface area contributed by atoms with Gasteiger partial charge in [-0.2, -0.15) is 0 Å². The van der Waals surface area contributed by atoms with E-state index >= 15 is 0 Å². The minimum Gasteiger partial charge on any atom is -0.379 e. The van der Waals surface area contributed by atoms with Crippen LogP contribution in [0, 0.1) is 47.3 Å². The highest BCUT2D eigenvalue weighted by Crippen LogP contribution is 2.32. The number of Topliss-reactive ketones (excluding diaryl/α,β-unsaturated/α-hetero) is 4. The van der Waals surface area contributed by atoms with Crippen LogP contribution in [0.3, 0.4) is 0 Å². The van der Waals surface area contributed by atoms with Crippen LogP contribution in [0.5, 0.6) is 0 Å². The lowest BCUT2D eigenvalue weighted by atomic mass is 9.83. The van der Waals surface area contributed by atoms with Crippen LogP contribution in [0.2, 0.25) is 0 Å². The molecule has 522 valence electrons. The highest BCUT2D eigenvalue weighted by molar-refractivity contribution is 6.12. The SMILES string of the molecule is CC[C@H](C)[C@@H]([C@@H](CC(=O)N1CCCC1[C@H](OC)C(C)C(=O)C[C@@H](Cc1ccccc1)C(=O)NCCc1ccc(CC(=O)C(CCCNC(N)=O)NC(=O)[C@H](CC(=O)CCCCCN2C(=O)C=CC2=O)C(C)C)cc1)OC)N(C)C(=O)[C@@H](CC(=O)[C@H](C(C)C)N(C)C)C(C)C. The van der Waals surface area contributed by atoms with E-state index in [4.69, 9.17) is 15.2 Å². The Labute approximate surface area is 559 Å². The zero-order chi connectivity index (χ0) is 69.9. The normalized spacial score (nSPS) is 17.3. The van der Waals surface area contributed by atoms with Crippen LogP contribution in [0.25, 0.3) is 0 Å². The Morgan fingerprint density at radius 1 is 0.670 bits per heavy atom. The number of unbranched alkanes of at least 4 members (excludes halogenated alkanes) is 2. The largest absolute Gasteiger partial charge is 0.379 e. The highest BCUT2D eigenvalue weighted by Gasteiger charge is 2.44. The van der Waals surface area contributed by atoms with Crippen molar-refractivity contribution >= 4 is 64.6 Å². The molecule has 2 aliphatic rings. The summed E-state index contributed by atoms with van der Waals surface area (Å²) in [6, 6.07) is 14.0. The number of likely N-dealkylation sites (N-methyl/N-ethyl adjacent to an activating group) is 2. The number of methoxy groups -OCH3 is 2. The maximum atomic E-state index is 14.6. The Balaban J connectivity index is 1.40. The molecule has 8 amide bonds. The average Bonchev–Trinajstić information content (AvgIpc) is 1.43. The molecule has 3 unspecified atom stereocenters. The zero-order valence-electron chi connectivity index (χ0n) is 58.7. The molecule has 1 saturated heterocycles. The number of nitrogens with zero attached hydrogens (tertiary/aromatic N) is 4. The van der Waals surface area contributed by atoms with Crippen LogP contribution in [0.15, 0.2) is 66.7 Å². The maximum absolute atomic E-state index is 14.6. The Morgan fingerprint density at radius 2 is 1.31 bits per heavy atom. The standard InChI is InChI=1S/C73H112N8O13/c1-15-49(8)68(79(12)72(91)57(47(4)5)44-62(85)67(48(6)7)78(10)11)63(93-13)45-66(88)80-39-23-28-59(80)69(94-14)50(9)60(83)42-54(40-52-24-18-16-19-25-52)70(89)75-37-35-51-29-31-53(32-30-51)41-61(84)58(27-22-36-76-73(74)92)77-71(90)56(46(2)3)43-55(82)26-20-17-21-38-81-64(86)33-34-65(81)87/h16,18-19,24-25,29-34,46-50,54,56-59,63,67-69H,15,17,20-23,26-28,35-45H2,1-14H3,(H,75,89)(H,77,90)(H3,74,76,92)/t49-,50?,54+,56+,57-,58?,59?,63+,67-,68-,69+/m0/s1. The van der Waals surface area contributed by atoms with Gasteiger partial charge in [0.2, 0.25) is 23.6 Å². The summed E-state index contributed by atoms with van der Waals surface area (Å²) < 4.78 is 12.3. The molecular weight excluding hydrogens is 1200 g/mol. The van der Waals surface area contributed by atoms with Gasteiger partial charge in [-0.1, -0.05) is 130 Å². The molecule has 2 aromatic rings. The van der Waals surface area contributed by atoms with E-state index in [1.165, 1.54) is 17.1 Å². The van der Waals surface area contributed by atoms with Crippen molar-refractivity contribution in [1.82, 2.24) is 35.6 Å². The van der Waals surface area contributed by atoms with E-state index in [0.717, 1.165) is 11.1 Å². The monoisotopic (exact) mass is 1310 g/mol. The molecule has 4 rings (SSSR count). The number of benzene rings is 2. The first-order valence-corrected chi connectivity index (χ1v) is 34.2. The van der Waals surface area contributed by atoms with Gasteiger partial charge in [-0.25, -0.2) is 4.79 Å². The number of rotatable bonds is 44. The Bertz CT molecular complexity index is 2830. The van der Waals surface area contributed by atoms with Gasteiger partial charge in [0.1, 0.15) is 11.6 Å². The molecule has 5 N–H and O–H groups in total. The van der Waals surface area contributed by atoms with Crippen molar-refractivity contribution in [1.29, 1.82) is 0 Å². The fraction of sp³-hybridized carbons (Fsp3) is 0.658. The summed E-state index contributed by atoms with van der Waals surface area (Å²) in [5, 5.41) is 8.51. The molecule has 0 aliphatic carbocycles. The summed E-state index contributed by atoms with van der Waals surface area (Å²) in [6.07, 6.45) is 6.38. The molecule has 11 atom stereocenters. The van der Waals surface area contributed by atoms with Crippen molar-refractivity contribution in [2.45, 2.75) is 201 Å². The molecule has 2 aliphatic heterocycles. The number of nitrogens with one attached hydrogen (secondary N) is 3. The van der Waals surface area contributed by atoms with Gasteiger partial charge in [-0.15, -0.1) is 0 Å². The summed E-state index contributed by atoms with van der Waals surface area (Å²) >= 11 is 0. The fourth-order valence-corrected chi connectivity index (χ4v) is 13.5. The van der Waals surface area contributed by atoms with Crippen LogP contribution < -0.4 is 21.7 Å². The van der Waals surface area contributed by atoms with Crippen molar-refractivity contribution in [2.24, 2.45) is 53.1 Å². The van der Waals surface area contributed by atoms with E-state index in [1.807, 2.05) is 129 Å². The van der Waals surface area contributed by atoms with Gasteiger partial charge in [-0.3, -0.25) is 57.7 Å². The summed E-state index contributed by atoms with van der Waals surface area (Å²) in [4.78, 5) is 154. The third-order valence-electron chi connectivity index (χ3n) is 19.2. The number of ether oxygens (including phenoxy) is 2. The molecule has 0 bridgehead atoms. The number of urea groups is 1. The molecule has 0 spiro atoms. The summed E-state index contributed by atoms with van der Waals surface area (Å²) in [5.41, 5.74) is 7.75. The van der Waals surface area contributed by atoms with Crippen LogP contribution in [0.4, 0.5) is 4.79 Å². The topological polar surface area (TPSA) is 281 Å². The van der Waals surface area contributed by atoms with Crippen molar-refractivity contribution in [3.63, 3.8) is 0 Å². The molecule has 21 nitrogen and oxygen atoms in total. The van der Waals surface area contributed by atoms with Gasteiger partial charge in [-0.05, 0) is 106 Å². The Morgan fingerprint density at radius 3 is 1.88 bits per heavy atom. The fourth-order valence-electron chi connectivity index (χ4n) is 13.5. The van der Waals surface area contributed by atoms with E-state index in [-0.39, 0.29) is 147 Å². The van der Waals surface area contributed by atoms with E-state index in [9.17, 15) is 52.7 Å². The third-order valence-corrected chi connectivity index (χ3v) is 19.2. The number of amides is 8. The summed E-state index contributed by atoms with van der Waals surface area (Å²) in [6.45, 7) is 18.7. The first-order chi connectivity index (χ1) is 44.5. The number of carbonyl (C=O) groups is 11. The molecule has 1 fully saturated rings. The van der Waals surface area contributed by atoms with Crippen molar-refractivity contribution in [2.75, 3.05) is 61.5 Å². The number of carbonyl (C=O) groups excluding carboxylic acids is 11. The van der Waals surface area contributed by atoms with Gasteiger partial charge in [0.05, 0.1) is 42.8 Å². The Hall–Kier alpha value is -6.97. The number of nitrogens with two attached hydrogens (primary N) is 1. The lowest BCUT2D eigenvalue weighted by molar-refractivity contribution is -0.149. The van der Waals surface area contributed by atoms with E-state index in [2.05, 4.69) is 16.0 Å². The number of primary amides is 1. The minimum atomic E-state index is -0.916. The van der Waals surface area contributed by atoms with Gasteiger partial charge in [0.15, 0.2) is 11.6 Å². The molecule has 21 heteroatoms. The molecular formula is C73H112N8O13. The molecule has 0 aromatic heterocycles. The summed E-state index contributed by atoms with van der Waals surface area (Å²) in [7, 11) is 8.63. The quantitative estimate of drug-likeness (QED) is 0.0366. The molecule has 2 aromatic carbocycles. The van der Waals surface area contributed by atoms with Crippen LogP contribution in [0.1, 0.15) is 162 Å². The van der Waals surface area contributed by atoms with Crippen molar-refractivity contribution in [3.05, 3.63) is 83.4 Å². The predicted molar refractivity (Wildman–Crippen MR) is 363 cm³/mol. The lowest BCUT2D eigenvalue weighted by Gasteiger charge is -2.41. The minimum absolute atomic E-state index is 0.0103. The number of hydrogen-bond donors (Lipinski definition) is 4. The smallest absolute Gasteiger partial charge is 0.312 e. The number of likely N-dealkylation sites (tertiary alicyclic amines) is 1. The second kappa shape index (κ2) is 39.8. The van der Waals surface area contributed by atoms with Gasteiger partial charge < -0.3 is 41.0 Å². The van der Waals surface area contributed by atoms with Crippen LogP contribution in [-0.4, -0.2) is 182 Å². The van der Waals surface area contributed by atoms with E-state index < -0.39 is 65.9 Å². The molecule has 94 heavy (non-hydrogen) atoms. The lowest BCUT2D eigenvalue weighted by Crippen LogP contribution is -2.54. The van der Waals surface area contributed by atoms with E-state index in [0.29, 0.717) is 69.9 Å². The predicted octanol–water partition coefficient (Wildman–Crippen LogP) is 7.66. The zero-order valence-corrected chi connectivity index (χ0v) is 58.7. The van der Waals surface area contributed by atoms with Crippen molar-refractivity contribution < 1.29 is 62.2 Å². The van der Waals surface area contributed by atoms with Gasteiger partial charge >= 0.3 is 6.03 Å². The van der Waals surface area contributed by atoms with E-state index in [1.54, 1.807) is 38.0 Å². The van der Waals surface area contributed by atoms with Crippen LogP contribution >= 0.6 is 0 Å². The Kier molecular flexibility index (Phi) is 33.6. The maximum Gasteiger partial charge on any atom is 0.312 e. The molecule has 2 heterocycles. The third kappa shape index (κ3) is 24.3. The number of hydrogen-bond acceptors (Lipinski definition) is 14.